The summed E-state index contributed by atoms with van der Waals surface area (Å²) in [7, 11) is 4.02. The van der Waals surface area contributed by atoms with Crippen LogP contribution in [0.25, 0.3) is 0 Å². The lowest BCUT2D eigenvalue weighted by molar-refractivity contribution is -0.145. The molecule has 0 bridgehead atoms. The lowest BCUT2D eigenvalue weighted by Gasteiger charge is -2.14. The van der Waals surface area contributed by atoms with Gasteiger partial charge in [-0.1, -0.05) is 6.58 Å². The van der Waals surface area contributed by atoms with Gasteiger partial charge in [-0.3, -0.25) is 0 Å². The first-order valence-electron chi connectivity index (χ1n) is 9.47. The standard InChI is InChI=1S/C23H29NO4S/c1-6-26-23(25)15-28-22-12-11-21(13-18(22)3)29-16-17(2)14-27-20-9-7-19(8-10-20)24(4)5/h7-13H,2,6,14-16H2,1,3-5H3. The van der Waals surface area contributed by atoms with Crippen LogP contribution in [0.15, 0.2) is 59.5 Å². The molecule has 0 aromatic heterocycles. The third-order valence-electron chi connectivity index (χ3n) is 4.04. The molecule has 2 aromatic rings. The Labute approximate surface area is 177 Å². The second-order valence-corrected chi connectivity index (χ2v) is 7.79. The van der Waals surface area contributed by atoms with Crippen molar-refractivity contribution >= 4 is 23.4 Å². The fourth-order valence-electron chi connectivity index (χ4n) is 2.47. The summed E-state index contributed by atoms with van der Waals surface area (Å²) in [4.78, 5) is 14.6. The number of aryl methyl sites for hydroxylation is 1. The van der Waals surface area contributed by atoms with Gasteiger partial charge in [0, 0.05) is 30.4 Å². The number of esters is 1. The number of thioether (sulfide) groups is 1. The summed E-state index contributed by atoms with van der Waals surface area (Å²) in [6, 6.07) is 13.9. The van der Waals surface area contributed by atoms with Gasteiger partial charge in [-0.05, 0) is 67.4 Å². The van der Waals surface area contributed by atoms with Crippen LogP contribution in [0.2, 0.25) is 0 Å². The number of benzene rings is 2. The van der Waals surface area contributed by atoms with Crippen LogP contribution in [0.1, 0.15) is 12.5 Å². The maximum atomic E-state index is 11.4. The fraction of sp³-hybridized carbons (Fsp3) is 0.348. The SMILES string of the molecule is C=C(COc1ccc(N(C)C)cc1)CSc1ccc(OCC(=O)OCC)c(C)c1. The highest BCUT2D eigenvalue weighted by molar-refractivity contribution is 7.99. The van der Waals surface area contributed by atoms with Gasteiger partial charge in [-0.2, -0.15) is 0 Å². The average molecular weight is 416 g/mol. The molecule has 0 aliphatic heterocycles. The van der Waals surface area contributed by atoms with Crippen molar-refractivity contribution in [1.82, 2.24) is 0 Å². The van der Waals surface area contributed by atoms with E-state index in [-0.39, 0.29) is 12.6 Å². The van der Waals surface area contributed by atoms with E-state index >= 15 is 0 Å². The first kappa shape index (κ1) is 22.7. The van der Waals surface area contributed by atoms with Gasteiger partial charge in [0.15, 0.2) is 6.61 Å². The van der Waals surface area contributed by atoms with Gasteiger partial charge in [-0.25, -0.2) is 4.79 Å². The van der Waals surface area contributed by atoms with E-state index in [0.717, 1.165) is 33.2 Å². The Morgan fingerprint density at radius 1 is 1.07 bits per heavy atom. The van der Waals surface area contributed by atoms with Crippen molar-refractivity contribution in [3.05, 3.63) is 60.2 Å². The number of hydrogen-bond donors (Lipinski definition) is 0. The van der Waals surface area contributed by atoms with Crippen molar-refractivity contribution in [3.63, 3.8) is 0 Å². The quantitative estimate of drug-likeness (QED) is 0.300. The summed E-state index contributed by atoms with van der Waals surface area (Å²) in [5.41, 5.74) is 3.12. The molecule has 0 saturated heterocycles. The Bertz CT molecular complexity index is 818. The molecule has 0 N–H and O–H groups in total. The van der Waals surface area contributed by atoms with E-state index in [4.69, 9.17) is 14.2 Å². The molecule has 2 rings (SSSR count). The number of rotatable bonds is 11. The van der Waals surface area contributed by atoms with E-state index in [1.807, 2.05) is 63.5 Å². The first-order chi connectivity index (χ1) is 13.9. The monoisotopic (exact) mass is 415 g/mol. The smallest absolute Gasteiger partial charge is 0.344 e. The largest absolute Gasteiger partial charge is 0.489 e. The second-order valence-electron chi connectivity index (χ2n) is 6.74. The molecule has 0 aliphatic rings. The zero-order valence-electron chi connectivity index (χ0n) is 17.6. The molecule has 0 fully saturated rings. The van der Waals surface area contributed by atoms with Crippen LogP contribution in [0.5, 0.6) is 11.5 Å². The number of ether oxygens (including phenoxy) is 3. The van der Waals surface area contributed by atoms with Crippen LogP contribution in [0.4, 0.5) is 5.69 Å². The van der Waals surface area contributed by atoms with Crippen molar-refractivity contribution in [3.8, 4) is 11.5 Å². The molecule has 0 radical (unpaired) electrons. The molecule has 0 spiro atoms. The molecule has 0 saturated carbocycles. The topological polar surface area (TPSA) is 48.0 Å². The van der Waals surface area contributed by atoms with E-state index in [0.29, 0.717) is 19.0 Å². The summed E-state index contributed by atoms with van der Waals surface area (Å²) < 4.78 is 16.2. The molecule has 0 atom stereocenters. The van der Waals surface area contributed by atoms with Crippen LogP contribution in [-0.2, 0) is 9.53 Å². The minimum absolute atomic E-state index is 0.0785. The molecule has 6 heteroatoms. The Hall–Kier alpha value is -2.60. The minimum atomic E-state index is -0.363. The zero-order chi connectivity index (χ0) is 21.2. The Morgan fingerprint density at radius 3 is 2.41 bits per heavy atom. The van der Waals surface area contributed by atoms with Gasteiger partial charge in [-0.15, -0.1) is 11.8 Å². The van der Waals surface area contributed by atoms with Crippen molar-refractivity contribution in [2.45, 2.75) is 18.7 Å². The summed E-state index contributed by atoms with van der Waals surface area (Å²) in [5.74, 6) is 1.92. The number of carbonyl (C=O) groups is 1. The molecule has 29 heavy (non-hydrogen) atoms. The molecule has 0 unspecified atom stereocenters. The van der Waals surface area contributed by atoms with Crippen LogP contribution in [-0.4, -0.2) is 45.6 Å². The lowest BCUT2D eigenvalue weighted by atomic mass is 10.2. The summed E-state index contributed by atoms with van der Waals surface area (Å²) in [6.45, 7) is 8.59. The molecule has 0 amide bonds. The molecular weight excluding hydrogens is 386 g/mol. The number of nitrogens with zero attached hydrogens (tertiary/aromatic N) is 1. The van der Waals surface area contributed by atoms with Gasteiger partial charge in [0.2, 0.25) is 0 Å². The molecule has 0 aliphatic carbocycles. The van der Waals surface area contributed by atoms with Gasteiger partial charge in [0.25, 0.3) is 0 Å². The van der Waals surface area contributed by atoms with E-state index in [2.05, 4.69) is 11.5 Å². The van der Waals surface area contributed by atoms with E-state index in [9.17, 15) is 4.79 Å². The average Bonchev–Trinajstić information content (AvgIpc) is 2.70. The third-order valence-corrected chi connectivity index (χ3v) is 5.18. The minimum Gasteiger partial charge on any atom is -0.489 e. The van der Waals surface area contributed by atoms with Crippen LogP contribution >= 0.6 is 11.8 Å². The van der Waals surface area contributed by atoms with Gasteiger partial charge in [0.1, 0.15) is 18.1 Å². The Balaban J connectivity index is 1.77. The van der Waals surface area contributed by atoms with Crippen LogP contribution < -0.4 is 14.4 Å². The molecular formula is C23H29NO4S. The third kappa shape index (κ3) is 7.74. The highest BCUT2D eigenvalue weighted by Crippen LogP contribution is 2.27. The highest BCUT2D eigenvalue weighted by atomic mass is 32.2. The molecule has 5 nitrogen and oxygen atoms in total. The summed E-state index contributed by atoms with van der Waals surface area (Å²) >= 11 is 1.69. The van der Waals surface area contributed by atoms with Crippen LogP contribution in [0.3, 0.4) is 0 Å². The van der Waals surface area contributed by atoms with Gasteiger partial charge in [0.05, 0.1) is 6.61 Å². The predicted octanol–water partition coefficient (Wildman–Crippen LogP) is 4.73. The zero-order valence-corrected chi connectivity index (χ0v) is 18.4. The molecule has 2 aromatic carbocycles. The van der Waals surface area contributed by atoms with E-state index in [1.54, 1.807) is 18.7 Å². The van der Waals surface area contributed by atoms with Crippen molar-refractivity contribution < 1.29 is 19.0 Å². The predicted molar refractivity (Wildman–Crippen MR) is 119 cm³/mol. The summed E-state index contributed by atoms with van der Waals surface area (Å²) in [5, 5.41) is 0. The van der Waals surface area contributed by atoms with Gasteiger partial charge < -0.3 is 19.1 Å². The number of anilines is 1. The fourth-order valence-corrected chi connectivity index (χ4v) is 3.34. The molecule has 0 heterocycles. The first-order valence-corrected chi connectivity index (χ1v) is 10.5. The number of carbonyl (C=O) groups excluding carboxylic acids is 1. The van der Waals surface area contributed by atoms with Crippen molar-refractivity contribution in [1.29, 1.82) is 0 Å². The molecule has 156 valence electrons. The number of hydrogen-bond acceptors (Lipinski definition) is 6. The van der Waals surface area contributed by atoms with Crippen molar-refractivity contribution in [2.24, 2.45) is 0 Å². The van der Waals surface area contributed by atoms with Gasteiger partial charge >= 0.3 is 5.97 Å². The van der Waals surface area contributed by atoms with Crippen molar-refractivity contribution in [2.75, 3.05) is 44.6 Å². The van der Waals surface area contributed by atoms with E-state index < -0.39 is 0 Å². The summed E-state index contributed by atoms with van der Waals surface area (Å²) in [6.07, 6.45) is 0. The second kappa shape index (κ2) is 11.4. The normalized spacial score (nSPS) is 10.3. The Morgan fingerprint density at radius 2 is 1.79 bits per heavy atom. The van der Waals surface area contributed by atoms with Crippen LogP contribution in [0, 0.1) is 6.92 Å². The maximum absolute atomic E-state index is 11.4. The highest BCUT2D eigenvalue weighted by Gasteiger charge is 2.07. The lowest BCUT2D eigenvalue weighted by Crippen LogP contribution is -2.14. The van der Waals surface area contributed by atoms with E-state index in [1.165, 1.54) is 0 Å². The maximum Gasteiger partial charge on any atom is 0.344 e. The Kier molecular flexibility index (Phi) is 8.93.